The first-order valence-electron chi connectivity index (χ1n) is 8.94. The molecule has 1 aliphatic carbocycles. The van der Waals surface area contributed by atoms with Crippen LogP contribution in [0.4, 0.5) is 10.5 Å². The Bertz CT molecular complexity index is 691. The first kappa shape index (κ1) is 20.2. The van der Waals surface area contributed by atoms with Crippen LogP contribution in [0.1, 0.15) is 44.1 Å². The van der Waals surface area contributed by atoms with Crippen molar-refractivity contribution in [2.24, 2.45) is 5.92 Å². The lowest BCUT2D eigenvalue weighted by molar-refractivity contribution is -0.141. The van der Waals surface area contributed by atoms with Gasteiger partial charge in [0.1, 0.15) is 0 Å². The second kappa shape index (κ2) is 10.2. The maximum atomic E-state index is 12.6. The number of anilines is 1. The number of esters is 1. The molecule has 27 heavy (non-hydrogen) atoms. The molecule has 2 rings (SSSR count). The largest absolute Gasteiger partial charge is 0.469 e. The van der Waals surface area contributed by atoms with Gasteiger partial charge in [0.25, 0.3) is 0 Å². The zero-order chi connectivity index (χ0) is 19.6. The molecule has 0 spiro atoms. The standard InChI is InChI=1S/C19H24N4O4/c1-27-18(25)11-6-14-2-7-16(8-3-14)22-19(26)23(21-13-24)17-9-4-15(12-20)5-10-17/h4-5,9-10,13-14,16H,2-3,6-8,11H2,1H3,(H,21,24)(H,22,26). The lowest BCUT2D eigenvalue weighted by Gasteiger charge is -2.31. The van der Waals surface area contributed by atoms with Crippen molar-refractivity contribution in [3.05, 3.63) is 29.8 Å². The van der Waals surface area contributed by atoms with E-state index < -0.39 is 6.03 Å². The Morgan fingerprint density at radius 1 is 1.26 bits per heavy atom. The summed E-state index contributed by atoms with van der Waals surface area (Å²) in [6.07, 6.45) is 5.16. The molecule has 1 aromatic rings. The predicted molar refractivity (Wildman–Crippen MR) is 98.4 cm³/mol. The van der Waals surface area contributed by atoms with Gasteiger partial charge in [-0.25, -0.2) is 9.80 Å². The molecule has 8 heteroatoms. The fourth-order valence-electron chi connectivity index (χ4n) is 3.25. The van der Waals surface area contributed by atoms with Crippen LogP contribution < -0.4 is 15.8 Å². The van der Waals surface area contributed by atoms with E-state index in [0.717, 1.165) is 37.1 Å². The fraction of sp³-hybridized carbons (Fsp3) is 0.474. The van der Waals surface area contributed by atoms with E-state index in [1.165, 1.54) is 7.11 Å². The molecular weight excluding hydrogens is 348 g/mol. The van der Waals surface area contributed by atoms with E-state index in [0.29, 0.717) is 30.0 Å². The van der Waals surface area contributed by atoms with Crippen LogP contribution in [0.2, 0.25) is 0 Å². The van der Waals surface area contributed by atoms with E-state index >= 15 is 0 Å². The highest BCUT2D eigenvalue weighted by Gasteiger charge is 2.25. The molecule has 0 aromatic heterocycles. The SMILES string of the molecule is COC(=O)CCC1CCC(NC(=O)N(NC=O)c2ccc(C#N)cc2)CC1. The maximum Gasteiger partial charge on any atom is 0.341 e. The summed E-state index contributed by atoms with van der Waals surface area (Å²) in [5, 5.41) is 12.9. The van der Waals surface area contributed by atoms with Crippen LogP contribution in [0.15, 0.2) is 24.3 Å². The lowest BCUT2D eigenvalue weighted by atomic mass is 9.83. The van der Waals surface area contributed by atoms with Crippen molar-refractivity contribution in [3.8, 4) is 6.07 Å². The number of rotatable bonds is 7. The third-order valence-corrected chi connectivity index (χ3v) is 4.80. The van der Waals surface area contributed by atoms with Crippen LogP contribution in [-0.2, 0) is 14.3 Å². The molecule has 3 amide bonds. The molecule has 144 valence electrons. The van der Waals surface area contributed by atoms with Crippen molar-refractivity contribution < 1.29 is 19.1 Å². The second-order valence-corrected chi connectivity index (χ2v) is 6.52. The number of nitrogens with zero attached hydrogens (tertiary/aromatic N) is 2. The number of carbonyl (C=O) groups excluding carboxylic acids is 3. The van der Waals surface area contributed by atoms with E-state index in [2.05, 4.69) is 15.5 Å². The van der Waals surface area contributed by atoms with Crippen LogP contribution in [0.3, 0.4) is 0 Å². The van der Waals surface area contributed by atoms with Crippen molar-refractivity contribution in [1.29, 1.82) is 5.26 Å². The quantitative estimate of drug-likeness (QED) is 0.433. The Morgan fingerprint density at radius 2 is 1.93 bits per heavy atom. The molecule has 1 fully saturated rings. The van der Waals surface area contributed by atoms with Gasteiger partial charge in [-0.3, -0.25) is 15.0 Å². The van der Waals surface area contributed by atoms with Gasteiger partial charge in [-0.2, -0.15) is 5.26 Å². The number of nitrogens with one attached hydrogen (secondary N) is 2. The molecule has 8 nitrogen and oxygen atoms in total. The summed E-state index contributed by atoms with van der Waals surface area (Å²) in [4.78, 5) is 34.7. The molecule has 0 aliphatic heterocycles. The van der Waals surface area contributed by atoms with Crippen LogP contribution in [0, 0.1) is 17.2 Å². The highest BCUT2D eigenvalue weighted by atomic mass is 16.5. The van der Waals surface area contributed by atoms with E-state index in [9.17, 15) is 14.4 Å². The third-order valence-electron chi connectivity index (χ3n) is 4.80. The summed E-state index contributed by atoms with van der Waals surface area (Å²) in [7, 11) is 1.39. The Morgan fingerprint density at radius 3 is 2.48 bits per heavy atom. The normalized spacial score (nSPS) is 18.7. The van der Waals surface area contributed by atoms with E-state index in [1.54, 1.807) is 24.3 Å². The van der Waals surface area contributed by atoms with Gasteiger partial charge < -0.3 is 10.1 Å². The Balaban J connectivity index is 1.87. The molecule has 0 atom stereocenters. The van der Waals surface area contributed by atoms with Crippen LogP contribution in [0.25, 0.3) is 0 Å². The molecule has 0 unspecified atom stereocenters. The molecular formula is C19H24N4O4. The van der Waals surface area contributed by atoms with Gasteiger partial charge in [-0.15, -0.1) is 0 Å². The van der Waals surface area contributed by atoms with E-state index in [1.807, 2.05) is 6.07 Å². The zero-order valence-corrected chi connectivity index (χ0v) is 15.3. The predicted octanol–water partition coefficient (Wildman–Crippen LogP) is 2.25. The zero-order valence-electron chi connectivity index (χ0n) is 15.3. The smallest absolute Gasteiger partial charge is 0.341 e. The molecule has 2 N–H and O–H groups in total. The van der Waals surface area contributed by atoms with Crippen LogP contribution in [-0.4, -0.2) is 31.6 Å². The Hall–Kier alpha value is -3.08. The number of amides is 3. The summed E-state index contributed by atoms with van der Waals surface area (Å²) in [5.41, 5.74) is 3.31. The summed E-state index contributed by atoms with van der Waals surface area (Å²) < 4.78 is 4.67. The first-order valence-corrected chi connectivity index (χ1v) is 8.94. The van der Waals surface area contributed by atoms with E-state index in [4.69, 9.17) is 5.26 Å². The van der Waals surface area contributed by atoms with Gasteiger partial charge in [-0.05, 0) is 62.3 Å². The number of hydrogen-bond donors (Lipinski definition) is 2. The number of hydrogen-bond acceptors (Lipinski definition) is 5. The second-order valence-electron chi connectivity index (χ2n) is 6.52. The minimum atomic E-state index is -0.426. The minimum Gasteiger partial charge on any atom is -0.469 e. The van der Waals surface area contributed by atoms with Gasteiger partial charge in [0.15, 0.2) is 0 Å². The molecule has 0 bridgehead atoms. The highest BCUT2D eigenvalue weighted by molar-refractivity contribution is 5.92. The van der Waals surface area contributed by atoms with Crippen molar-refractivity contribution >= 4 is 24.1 Å². The summed E-state index contributed by atoms with van der Waals surface area (Å²) in [5.74, 6) is 0.267. The fourth-order valence-corrected chi connectivity index (χ4v) is 3.25. The number of carbonyl (C=O) groups is 3. The molecule has 0 radical (unpaired) electrons. The monoisotopic (exact) mass is 372 g/mol. The Labute approximate surface area is 158 Å². The highest BCUT2D eigenvalue weighted by Crippen LogP contribution is 2.28. The summed E-state index contributed by atoms with van der Waals surface area (Å²) in [6, 6.07) is 7.94. The molecule has 1 saturated carbocycles. The topological polar surface area (TPSA) is 112 Å². The minimum absolute atomic E-state index is 0.0150. The van der Waals surface area contributed by atoms with Crippen LogP contribution >= 0.6 is 0 Å². The average Bonchev–Trinajstić information content (AvgIpc) is 2.71. The Kier molecular flexibility index (Phi) is 7.62. The van der Waals surface area contributed by atoms with Crippen molar-refractivity contribution in [1.82, 2.24) is 10.7 Å². The van der Waals surface area contributed by atoms with Gasteiger partial charge in [0, 0.05) is 12.5 Å². The van der Waals surface area contributed by atoms with Crippen molar-refractivity contribution in [3.63, 3.8) is 0 Å². The van der Waals surface area contributed by atoms with Crippen molar-refractivity contribution in [2.75, 3.05) is 12.1 Å². The molecule has 1 aliphatic rings. The van der Waals surface area contributed by atoms with Gasteiger partial charge in [-0.1, -0.05) is 0 Å². The summed E-state index contributed by atoms with van der Waals surface area (Å²) in [6.45, 7) is 0. The van der Waals surface area contributed by atoms with E-state index in [-0.39, 0.29) is 12.0 Å². The molecule has 0 heterocycles. The van der Waals surface area contributed by atoms with Gasteiger partial charge in [0.05, 0.1) is 24.4 Å². The number of hydrazine groups is 1. The van der Waals surface area contributed by atoms with Crippen LogP contribution in [0.5, 0.6) is 0 Å². The number of urea groups is 1. The number of ether oxygens (including phenoxy) is 1. The lowest BCUT2D eigenvalue weighted by Crippen LogP contribution is -2.51. The molecule has 0 saturated heterocycles. The van der Waals surface area contributed by atoms with Gasteiger partial charge >= 0.3 is 12.0 Å². The average molecular weight is 372 g/mol. The summed E-state index contributed by atoms with van der Waals surface area (Å²) >= 11 is 0. The first-order chi connectivity index (χ1) is 13.1. The molecule has 1 aromatic carbocycles. The number of nitriles is 1. The third kappa shape index (κ3) is 5.99. The van der Waals surface area contributed by atoms with Gasteiger partial charge in [0.2, 0.25) is 6.41 Å². The maximum absolute atomic E-state index is 12.6. The van der Waals surface area contributed by atoms with Crippen molar-refractivity contribution in [2.45, 2.75) is 44.6 Å². The number of methoxy groups -OCH3 is 1. The number of benzene rings is 1.